The van der Waals surface area contributed by atoms with Crippen LogP contribution in [0.4, 0.5) is 0 Å². The highest BCUT2D eigenvalue weighted by atomic mass is 16.5. The van der Waals surface area contributed by atoms with Crippen LogP contribution in [0.25, 0.3) is 27.5 Å². The second-order valence-electron chi connectivity index (χ2n) is 8.79. The number of nitrogens with zero attached hydrogens (tertiary/aromatic N) is 6. The Morgan fingerprint density at radius 1 is 1.17 bits per heavy atom. The lowest BCUT2D eigenvalue weighted by atomic mass is 10.1. The smallest absolute Gasteiger partial charge is 0.262 e. The Kier molecular flexibility index (Phi) is 5.16. The molecule has 1 fully saturated rings. The molecule has 5 aromatic rings. The molecule has 0 bridgehead atoms. The van der Waals surface area contributed by atoms with Gasteiger partial charge in [0.2, 0.25) is 5.88 Å². The van der Waals surface area contributed by atoms with E-state index >= 15 is 0 Å². The molecule has 35 heavy (non-hydrogen) atoms. The number of hydrogen-bond acceptors (Lipinski definition) is 7. The quantitative estimate of drug-likeness (QED) is 0.391. The lowest BCUT2D eigenvalue weighted by Gasteiger charge is -2.14. The van der Waals surface area contributed by atoms with Crippen molar-refractivity contribution < 1.29 is 9.47 Å². The summed E-state index contributed by atoms with van der Waals surface area (Å²) >= 11 is 0. The lowest BCUT2D eigenvalue weighted by molar-refractivity contribution is 0.166. The highest BCUT2D eigenvalue weighted by Crippen LogP contribution is 2.26. The molecule has 0 aliphatic carbocycles. The van der Waals surface area contributed by atoms with Crippen LogP contribution in [0.3, 0.4) is 0 Å². The van der Waals surface area contributed by atoms with E-state index in [0.717, 1.165) is 24.2 Å². The van der Waals surface area contributed by atoms with Gasteiger partial charge in [0.25, 0.3) is 5.56 Å². The molecule has 9 nitrogen and oxygen atoms in total. The summed E-state index contributed by atoms with van der Waals surface area (Å²) < 4.78 is 15.0. The molecule has 6 rings (SSSR count). The van der Waals surface area contributed by atoms with Gasteiger partial charge in [-0.1, -0.05) is 12.1 Å². The van der Waals surface area contributed by atoms with Crippen LogP contribution in [0.1, 0.15) is 23.5 Å². The van der Waals surface area contributed by atoms with Crippen molar-refractivity contribution in [2.75, 3.05) is 19.8 Å². The van der Waals surface area contributed by atoms with E-state index in [0.29, 0.717) is 58.3 Å². The molecule has 1 aliphatic heterocycles. The van der Waals surface area contributed by atoms with Gasteiger partial charge in [-0.05, 0) is 43.7 Å². The van der Waals surface area contributed by atoms with E-state index in [1.165, 1.54) is 0 Å². The van der Waals surface area contributed by atoms with Gasteiger partial charge in [-0.3, -0.25) is 9.36 Å². The minimum absolute atomic E-state index is 0.137. The molecule has 0 amide bonds. The van der Waals surface area contributed by atoms with Crippen molar-refractivity contribution in [2.24, 2.45) is 5.92 Å². The molecule has 0 saturated carbocycles. The third-order valence-electron chi connectivity index (χ3n) is 6.31. The molecule has 1 unspecified atom stereocenters. The van der Waals surface area contributed by atoms with Gasteiger partial charge in [-0.25, -0.2) is 9.50 Å². The molecule has 0 N–H and O–H groups in total. The topological polar surface area (TPSA) is 107 Å². The highest BCUT2D eigenvalue weighted by molar-refractivity contribution is 5.85. The zero-order chi connectivity index (χ0) is 23.9. The molecule has 9 heteroatoms. The summed E-state index contributed by atoms with van der Waals surface area (Å²) in [5.41, 5.74) is 3.25. The average molecular weight is 467 g/mol. The minimum atomic E-state index is -0.137. The Bertz CT molecular complexity index is 1690. The molecule has 2 aromatic carbocycles. The van der Waals surface area contributed by atoms with Crippen molar-refractivity contribution in [3.63, 3.8) is 0 Å². The second-order valence-corrected chi connectivity index (χ2v) is 8.79. The highest BCUT2D eigenvalue weighted by Gasteiger charge is 2.19. The van der Waals surface area contributed by atoms with E-state index in [-0.39, 0.29) is 12.1 Å². The molecular weight excluding hydrogens is 444 g/mol. The van der Waals surface area contributed by atoms with Crippen LogP contribution in [0.15, 0.2) is 53.3 Å². The van der Waals surface area contributed by atoms with E-state index in [1.54, 1.807) is 33.3 Å². The maximum Gasteiger partial charge on any atom is 0.262 e. The summed E-state index contributed by atoms with van der Waals surface area (Å²) in [5.74, 6) is 1.14. The fourth-order valence-corrected chi connectivity index (χ4v) is 4.55. The normalized spacial score (nSPS) is 15.7. The molecule has 4 heterocycles. The monoisotopic (exact) mass is 466 g/mol. The van der Waals surface area contributed by atoms with Gasteiger partial charge in [0.05, 0.1) is 58.9 Å². The SMILES string of the molecule is Cc1cc2n(Cc3nc(OCC4CCOC4)c4cc(C#N)ccc4n3)c(=O)c3ccccc3n2n1. The molecule has 1 atom stereocenters. The van der Waals surface area contributed by atoms with Crippen molar-refractivity contribution in [2.45, 2.75) is 19.9 Å². The third-order valence-corrected chi connectivity index (χ3v) is 6.31. The van der Waals surface area contributed by atoms with Crippen molar-refractivity contribution in [3.8, 4) is 11.9 Å². The van der Waals surface area contributed by atoms with Crippen LogP contribution < -0.4 is 10.3 Å². The number of aryl methyl sites for hydroxylation is 1. The van der Waals surface area contributed by atoms with Crippen LogP contribution >= 0.6 is 0 Å². The standard InChI is InChI=1S/C26H22N6O3/c1-16-10-24-31(26(33)19-4-2-3-5-22(19)32(24)30-16)13-23-28-21-7-6-17(12-27)11-20(21)25(29-23)35-15-18-8-9-34-14-18/h2-7,10-11,18H,8-9,13-15H2,1H3. The maximum atomic E-state index is 13.5. The number of ether oxygens (including phenoxy) is 2. The molecule has 0 radical (unpaired) electrons. The summed E-state index contributed by atoms with van der Waals surface area (Å²) in [6.45, 7) is 3.90. The third kappa shape index (κ3) is 3.78. The lowest BCUT2D eigenvalue weighted by Crippen LogP contribution is -2.24. The van der Waals surface area contributed by atoms with Gasteiger partial charge >= 0.3 is 0 Å². The summed E-state index contributed by atoms with van der Waals surface area (Å²) in [6, 6.07) is 16.7. The Morgan fingerprint density at radius 3 is 2.89 bits per heavy atom. The first-order chi connectivity index (χ1) is 17.1. The van der Waals surface area contributed by atoms with Crippen molar-refractivity contribution in [1.82, 2.24) is 24.1 Å². The van der Waals surface area contributed by atoms with Gasteiger partial charge < -0.3 is 9.47 Å². The van der Waals surface area contributed by atoms with Crippen LogP contribution in [0.2, 0.25) is 0 Å². The van der Waals surface area contributed by atoms with E-state index < -0.39 is 0 Å². The molecule has 3 aromatic heterocycles. The molecule has 1 saturated heterocycles. The van der Waals surface area contributed by atoms with Gasteiger partial charge in [0, 0.05) is 18.6 Å². The predicted molar refractivity (Wildman–Crippen MR) is 129 cm³/mol. The Balaban J connectivity index is 1.48. The average Bonchev–Trinajstić information content (AvgIpc) is 3.54. The minimum Gasteiger partial charge on any atom is -0.477 e. The molecular formula is C26H22N6O3. The summed E-state index contributed by atoms with van der Waals surface area (Å²) in [6.07, 6.45) is 0.935. The molecule has 1 aliphatic rings. The summed E-state index contributed by atoms with van der Waals surface area (Å²) in [7, 11) is 0. The number of fused-ring (bicyclic) bond motifs is 4. The van der Waals surface area contributed by atoms with Crippen molar-refractivity contribution in [3.05, 3.63) is 76.0 Å². The van der Waals surface area contributed by atoms with E-state index in [9.17, 15) is 10.1 Å². The van der Waals surface area contributed by atoms with Gasteiger partial charge in [0.1, 0.15) is 5.65 Å². The zero-order valence-electron chi connectivity index (χ0n) is 19.1. The zero-order valence-corrected chi connectivity index (χ0v) is 19.1. The summed E-state index contributed by atoms with van der Waals surface area (Å²) in [4.78, 5) is 22.9. The Labute approximate surface area is 200 Å². The van der Waals surface area contributed by atoms with Gasteiger partial charge in [-0.15, -0.1) is 0 Å². The largest absolute Gasteiger partial charge is 0.477 e. The number of rotatable bonds is 5. The van der Waals surface area contributed by atoms with Crippen LogP contribution in [0, 0.1) is 24.2 Å². The number of nitriles is 1. The first kappa shape index (κ1) is 21.3. The number of aromatic nitrogens is 5. The van der Waals surface area contributed by atoms with Crippen LogP contribution in [-0.2, 0) is 11.3 Å². The first-order valence-electron chi connectivity index (χ1n) is 11.5. The fourth-order valence-electron chi connectivity index (χ4n) is 4.55. The summed E-state index contributed by atoms with van der Waals surface area (Å²) in [5, 5.41) is 15.2. The van der Waals surface area contributed by atoms with Crippen LogP contribution in [0.5, 0.6) is 5.88 Å². The molecule has 174 valence electrons. The van der Waals surface area contributed by atoms with Crippen molar-refractivity contribution in [1.29, 1.82) is 5.26 Å². The van der Waals surface area contributed by atoms with E-state index in [4.69, 9.17) is 19.4 Å². The maximum absolute atomic E-state index is 13.5. The van der Waals surface area contributed by atoms with Crippen molar-refractivity contribution >= 4 is 27.5 Å². The second kappa shape index (κ2) is 8.49. The Morgan fingerprint density at radius 2 is 2.06 bits per heavy atom. The van der Waals surface area contributed by atoms with Gasteiger partial charge in [-0.2, -0.15) is 15.3 Å². The van der Waals surface area contributed by atoms with E-state index in [2.05, 4.69) is 11.2 Å². The van der Waals surface area contributed by atoms with Crippen LogP contribution in [-0.4, -0.2) is 44.0 Å². The number of para-hydroxylation sites is 1. The Hall–Kier alpha value is -4.29. The molecule has 0 spiro atoms. The predicted octanol–water partition coefficient (Wildman–Crippen LogP) is 3.24. The number of benzene rings is 2. The fraction of sp³-hybridized carbons (Fsp3) is 0.269. The van der Waals surface area contributed by atoms with Gasteiger partial charge in [0.15, 0.2) is 5.82 Å². The van der Waals surface area contributed by atoms with E-state index in [1.807, 2.05) is 31.2 Å². The first-order valence-corrected chi connectivity index (χ1v) is 11.5. The number of hydrogen-bond donors (Lipinski definition) is 0.